The average molecular weight is 426 g/mol. The number of carbonyl (C=O) groups is 2. The van der Waals surface area contributed by atoms with Crippen LogP contribution in [-0.2, 0) is 17.6 Å². The number of nitrogens with zero attached hydrogens (tertiary/aromatic N) is 1. The van der Waals surface area contributed by atoms with E-state index < -0.39 is 0 Å². The van der Waals surface area contributed by atoms with Gasteiger partial charge in [0.2, 0.25) is 0 Å². The fraction of sp³-hybridized carbons (Fsp3) is 0.222. The lowest BCUT2D eigenvalue weighted by atomic mass is 9.99. The van der Waals surface area contributed by atoms with Gasteiger partial charge in [0.05, 0.1) is 0 Å². The van der Waals surface area contributed by atoms with Gasteiger partial charge in [-0.1, -0.05) is 48.5 Å². The summed E-state index contributed by atoms with van der Waals surface area (Å²) in [7, 11) is 0. The molecule has 1 aliphatic carbocycles. The number of hydrogen-bond acceptors (Lipinski definition) is 4. The van der Waals surface area contributed by atoms with E-state index in [9.17, 15) is 9.59 Å². The van der Waals surface area contributed by atoms with Crippen LogP contribution in [0.5, 0.6) is 0 Å². The molecular formula is C27H23NO2S. The van der Waals surface area contributed by atoms with E-state index in [1.54, 1.807) is 17.5 Å². The van der Waals surface area contributed by atoms with E-state index in [-0.39, 0.29) is 17.6 Å². The topological polar surface area (TPSA) is 47.0 Å². The van der Waals surface area contributed by atoms with E-state index >= 15 is 0 Å². The molecule has 0 aliphatic heterocycles. The first-order valence-electron chi connectivity index (χ1n) is 10.7. The SMILES string of the molecule is O=C(CCc1cccs1)c1ccc([C@@H]2C[C@H]2C(=O)Cc2ccc3cnccc3c2)cc1. The fourth-order valence-electron chi connectivity index (χ4n) is 4.25. The fourth-order valence-corrected chi connectivity index (χ4v) is 4.96. The summed E-state index contributed by atoms with van der Waals surface area (Å²) >= 11 is 1.69. The second-order valence-electron chi connectivity index (χ2n) is 8.27. The van der Waals surface area contributed by atoms with Crippen LogP contribution in [0.3, 0.4) is 0 Å². The first-order chi connectivity index (χ1) is 15.2. The molecule has 154 valence electrons. The summed E-state index contributed by atoms with van der Waals surface area (Å²) in [5.74, 6) is 0.852. The molecule has 2 heterocycles. The van der Waals surface area contributed by atoms with Gasteiger partial charge in [0.25, 0.3) is 0 Å². The Morgan fingerprint density at radius 3 is 2.68 bits per heavy atom. The third-order valence-corrected chi connectivity index (χ3v) is 7.06. The van der Waals surface area contributed by atoms with Crippen molar-refractivity contribution in [3.63, 3.8) is 0 Å². The van der Waals surface area contributed by atoms with E-state index in [0.717, 1.165) is 40.3 Å². The maximum absolute atomic E-state index is 12.8. The largest absolute Gasteiger partial charge is 0.299 e. The van der Waals surface area contributed by atoms with E-state index in [0.29, 0.717) is 18.6 Å². The molecule has 1 saturated carbocycles. The molecule has 0 saturated heterocycles. The van der Waals surface area contributed by atoms with Gasteiger partial charge in [0.1, 0.15) is 5.78 Å². The highest BCUT2D eigenvalue weighted by atomic mass is 32.1. The highest BCUT2D eigenvalue weighted by molar-refractivity contribution is 7.09. The minimum Gasteiger partial charge on any atom is -0.299 e. The van der Waals surface area contributed by atoms with Crippen LogP contribution >= 0.6 is 11.3 Å². The molecule has 0 bridgehead atoms. The summed E-state index contributed by atoms with van der Waals surface area (Å²) in [6, 6.07) is 20.1. The molecule has 0 N–H and O–H groups in total. The lowest BCUT2D eigenvalue weighted by Gasteiger charge is -2.05. The number of ketones is 2. The number of aryl methyl sites for hydroxylation is 1. The average Bonchev–Trinajstić information content (AvgIpc) is 3.44. The van der Waals surface area contributed by atoms with Crippen molar-refractivity contribution in [2.75, 3.05) is 0 Å². The van der Waals surface area contributed by atoms with Crippen molar-refractivity contribution < 1.29 is 9.59 Å². The van der Waals surface area contributed by atoms with Gasteiger partial charge < -0.3 is 0 Å². The molecule has 4 aromatic rings. The van der Waals surface area contributed by atoms with Crippen molar-refractivity contribution in [1.82, 2.24) is 4.98 Å². The molecule has 0 amide bonds. The summed E-state index contributed by atoms with van der Waals surface area (Å²) in [4.78, 5) is 30.6. The maximum Gasteiger partial charge on any atom is 0.163 e. The van der Waals surface area contributed by atoms with Gasteiger partial charge in [-0.3, -0.25) is 14.6 Å². The molecule has 2 aromatic heterocycles. The number of Topliss-reactive ketones (excluding diaryl/α,β-unsaturated/α-hetero) is 2. The van der Waals surface area contributed by atoms with Crippen molar-refractivity contribution in [1.29, 1.82) is 0 Å². The van der Waals surface area contributed by atoms with Crippen molar-refractivity contribution >= 4 is 33.7 Å². The molecule has 0 spiro atoms. The summed E-state index contributed by atoms with van der Waals surface area (Å²) in [6.45, 7) is 0. The minimum absolute atomic E-state index is 0.0912. The van der Waals surface area contributed by atoms with Gasteiger partial charge in [-0.15, -0.1) is 11.3 Å². The van der Waals surface area contributed by atoms with E-state index in [1.807, 2.05) is 60.1 Å². The minimum atomic E-state index is 0.0912. The Labute approximate surface area is 185 Å². The standard InChI is InChI=1S/C27H23NO2S/c29-26(10-9-23-2-1-13-31-23)20-7-5-19(6-8-20)24-16-25(24)27(30)15-18-3-4-22-17-28-12-11-21(22)14-18/h1-8,11-14,17,24-25H,9-10,15-16H2/t24-,25+/m0/s1. The summed E-state index contributed by atoms with van der Waals surface area (Å²) in [6.07, 6.45) is 6.32. The normalized spacial score (nSPS) is 17.5. The number of rotatable bonds is 8. The van der Waals surface area contributed by atoms with Gasteiger partial charge in [-0.25, -0.2) is 0 Å². The Balaban J connectivity index is 1.18. The number of aromatic nitrogens is 1. The Morgan fingerprint density at radius 1 is 1.00 bits per heavy atom. The first kappa shape index (κ1) is 19.8. The first-order valence-corrected chi connectivity index (χ1v) is 11.6. The van der Waals surface area contributed by atoms with Crippen molar-refractivity contribution in [2.45, 2.75) is 31.6 Å². The van der Waals surface area contributed by atoms with Crippen molar-refractivity contribution in [3.05, 3.63) is 100 Å². The van der Waals surface area contributed by atoms with Gasteiger partial charge in [0.15, 0.2) is 5.78 Å². The third-order valence-electron chi connectivity index (χ3n) is 6.13. The number of hydrogen-bond donors (Lipinski definition) is 0. The summed E-state index contributed by atoms with van der Waals surface area (Å²) < 4.78 is 0. The van der Waals surface area contributed by atoms with Crippen LogP contribution in [0.15, 0.2) is 78.4 Å². The molecule has 31 heavy (non-hydrogen) atoms. The zero-order valence-electron chi connectivity index (χ0n) is 17.2. The predicted molar refractivity (Wildman–Crippen MR) is 125 cm³/mol. The van der Waals surface area contributed by atoms with Crippen LogP contribution in [0, 0.1) is 5.92 Å². The Bertz CT molecular complexity index is 1230. The van der Waals surface area contributed by atoms with E-state index in [4.69, 9.17) is 0 Å². The number of thiophene rings is 1. The van der Waals surface area contributed by atoms with Crippen LogP contribution in [0.1, 0.15) is 45.1 Å². The molecule has 1 aliphatic rings. The molecule has 2 atom stereocenters. The quantitative estimate of drug-likeness (QED) is 0.324. The number of benzene rings is 2. The number of fused-ring (bicyclic) bond motifs is 1. The monoisotopic (exact) mass is 425 g/mol. The Kier molecular flexibility index (Phi) is 5.47. The molecule has 4 heteroatoms. The summed E-state index contributed by atoms with van der Waals surface area (Å²) in [5, 5.41) is 4.25. The Hall–Kier alpha value is -3.11. The van der Waals surface area contributed by atoms with E-state index in [2.05, 4.69) is 17.1 Å². The Morgan fingerprint density at radius 2 is 1.87 bits per heavy atom. The predicted octanol–water partition coefficient (Wildman–Crippen LogP) is 6.03. The second kappa shape index (κ2) is 8.56. The van der Waals surface area contributed by atoms with Crippen molar-refractivity contribution in [2.24, 2.45) is 5.92 Å². The zero-order valence-corrected chi connectivity index (χ0v) is 18.0. The van der Waals surface area contributed by atoms with Gasteiger partial charge in [-0.05, 0) is 52.8 Å². The number of pyridine rings is 1. The van der Waals surface area contributed by atoms with Crippen LogP contribution in [-0.4, -0.2) is 16.6 Å². The molecule has 0 unspecified atom stereocenters. The van der Waals surface area contributed by atoms with Crippen molar-refractivity contribution in [3.8, 4) is 0 Å². The van der Waals surface area contributed by atoms with E-state index in [1.165, 1.54) is 4.88 Å². The second-order valence-corrected chi connectivity index (χ2v) is 9.31. The highest BCUT2D eigenvalue weighted by Crippen LogP contribution is 2.48. The van der Waals surface area contributed by atoms with Gasteiger partial charge in [0, 0.05) is 47.0 Å². The maximum atomic E-state index is 12.8. The smallest absolute Gasteiger partial charge is 0.163 e. The number of carbonyl (C=O) groups excluding carboxylic acids is 2. The molecule has 0 radical (unpaired) electrons. The lowest BCUT2D eigenvalue weighted by molar-refractivity contribution is -0.119. The lowest BCUT2D eigenvalue weighted by Crippen LogP contribution is -2.06. The highest BCUT2D eigenvalue weighted by Gasteiger charge is 2.43. The molecule has 5 rings (SSSR count). The van der Waals surface area contributed by atoms with Crippen LogP contribution in [0.2, 0.25) is 0 Å². The molecular weight excluding hydrogens is 402 g/mol. The third kappa shape index (κ3) is 4.49. The summed E-state index contributed by atoms with van der Waals surface area (Å²) in [5.41, 5.74) is 2.98. The zero-order chi connectivity index (χ0) is 21.2. The molecule has 3 nitrogen and oxygen atoms in total. The molecule has 2 aromatic carbocycles. The van der Waals surface area contributed by atoms with Crippen LogP contribution < -0.4 is 0 Å². The molecule has 1 fully saturated rings. The van der Waals surface area contributed by atoms with Crippen LogP contribution in [0.25, 0.3) is 10.8 Å². The van der Waals surface area contributed by atoms with Crippen LogP contribution in [0.4, 0.5) is 0 Å². The van der Waals surface area contributed by atoms with Gasteiger partial charge in [-0.2, -0.15) is 0 Å². The van der Waals surface area contributed by atoms with Gasteiger partial charge >= 0.3 is 0 Å².